The Hall–Kier alpha value is -0.660. The molecular weight excluding hydrogens is 292 g/mol. The van der Waals surface area contributed by atoms with Crippen LogP contribution in [0.3, 0.4) is 0 Å². The number of nitrogens with one attached hydrogen (secondary N) is 1. The van der Waals surface area contributed by atoms with E-state index in [0.717, 1.165) is 38.5 Å². The van der Waals surface area contributed by atoms with Gasteiger partial charge in [0.05, 0.1) is 5.41 Å². The van der Waals surface area contributed by atoms with Crippen LogP contribution in [0.25, 0.3) is 0 Å². The third-order valence-electron chi connectivity index (χ3n) is 4.34. The van der Waals surface area contributed by atoms with Gasteiger partial charge in [0.15, 0.2) is 0 Å². The molecule has 0 aromatic carbocycles. The van der Waals surface area contributed by atoms with Gasteiger partial charge in [0, 0.05) is 20.1 Å². The van der Waals surface area contributed by atoms with Crippen molar-refractivity contribution in [1.82, 2.24) is 9.03 Å². The molecule has 124 valence electrons. The molecule has 0 bridgehead atoms. The fraction of sp³-hybridized carbons (Fsp3) is 0.929. The zero-order valence-corrected chi connectivity index (χ0v) is 13.9. The number of rotatable bonds is 8. The highest BCUT2D eigenvalue weighted by Gasteiger charge is 2.39. The minimum Gasteiger partial charge on any atom is -0.481 e. The summed E-state index contributed by atoms with van der Waals surface area (Å²) in [5.41, 5.74) is -0.949. The van der Waals surface area contributed by atoms with Crippen LogP contribution in [0.5, 0.6) is 0 Å². The number of nitrogens with zero attached hydrogens (tertiary/aromatic N) is 1. The van der Waals surface area contributed by atoms with E-state index in [4.69, 9.17) is 0 Å². The molecule has 6 nitrogen and oxygen atoms in total. The molecule has 1 aliphatic carbocycles. The summed E-state index contributed by atoms with van der Waals surface area (Å²) in [5, 5.41) is 9.54. The van der Waals surface area contributed by atoms with Crippen molar-refractivity contribution in [2.24, 2.45) is 5.41 Å². The van der Waals surface area contributed by atoms with Gasteiger partial charge in [-0.1, -0.05) is 39.0 Å². The standard InChI is InChI=1S/C14H28N2O4S/c1-3-4-11-16(2)21(19,20)15-12-14(13(17)18)9-7-5-6-8-10-14/h15H,3-12H2,1-2H3,(H,17,18). The highest BCUT2D eigenvalue weighted by atomic mass is 32.2. The summed E-state index contributed by atoms with van der Waals surface area (Å²) in [5.74, 6) is -0.886. The first kappa shape index (κ1) is 18.4. The van der Waals surface area contributed by atoms with Crippen LogP contribution in [0.4, 0.5) is 0 Å². The maximum absolute atomic E-state index is 12.2. The Balaban J connectivity index is 2.70. The monoisotopic (exact) mass is 320 g/mol. The lowest BCUT2D eigenvalue weighted by molar-refractivity contribution is -0.149. The first-order chi connectivity index (χ1) is 9.84. The molecule has 0 radical (unpaired) electrons. The van der Waals surface area contributed by atoms with Crippen LogP contribution in [0.15, 0.2) is 0 Å². The number of carboxylic acids is 1. The highest BCUT2D eigenvalue weighted by Crippen LogP contribution is 2.35. The first-order valence-corrected chi connectivity index (χ1v) is 9.22. The van der Waals surface area contributed by atoms with E-state index in [9.17, 15) is 18.3 Å². The molecule has 1 rings (SSSR count). The number of unbranched alkanes of at least 4 members (excludes halogenated alkanes) is 1. The fourth-order valence-corrected chi connectivity index (χ4v) is 3.76. The lowest BCUT2D eigenvalue weighted by atomic mass is 9.80. The van der Waals surface area contributed by atoms with Crippen LogP contribution < -0.4 is 4.72 Å². The van der Waals surface area contributed by atoms with Crippen molar-refractivity contribution in [3.63, 3.8) is 0 Å². The molecule has 1 saturated carbocycles. The predicted molar refractivity (Wildman–Crippen MR) is 82.2 cm³/mol. The van der Waals surface area contributed by atoms with E-state index < -0.39 is 21.6 Å². The Bertz CT molecular complexity index is 428. The number of carboxylic acid groups (broad SMARTS) is 1. The smallest absolute Gasteiger partial charge is 0.310 e. The Morgan fingerprint density at radius 1 is 1.24 bits per heavy atom. The van der Waals surface area contributed by atoms with Gasteiger partial charge < -0.3 is 5.11 Å². The third-order valence-corrected chi connectivity index (χ3v) is 5.86. The molecule has 21 heavy (non-hydrogen) atoms. The molecule has 0 spiro atoms. The van der Waals surface area contributed by atoms with Crippen LogP contribution in [0.1, 0.15) is 58.3 Å². The number of hydrogen-bond donors (Lipinski definition) is 2. The molecule has 0 amide bonds. The fourth-order valence-electron chi connectivity index (χ4n) is 2.71. The van der Waals surface area contributed by atoms with Crippen molar-refractivity contribution in [2.45, 2.75) is 58.3 Å². The van der Waals surface area contributed by atoms with Gasteiger partial charge in [-0.2, -0.15) is 12.7 Å². The molecule has 0 aromatic rings. The SMILES string of the molecule is CCCCN(C)S(=O)(=O)NCC1(C(=O)O)CCCCCC1. The minimum absolute atomic E-state index is 0.0128. The lowest BCUT2D eigenvalue weighted by Gasteiger charge is -2.29. The number of aliphatic carboxylic acids is 1. The van der Waals surface area contributed by atoms with Crippen LogP contribution >= 0.6 is 0 Å². The average Bonchev–Trinajstić information content (AvgIpc) is 2.69. The first-order valence-electron chi connectivity index (χ1n) is 7.78. The topological polar surface area (TPSA) is 86.7 Å². The Kier molecular flexibility index (Phi) is 7.09. The maximum atomic E-state index is 12.2. The van der Waals surface area contributed by atoms with E-state index in [1.807, 2.05) is 6.92 Å². The van der Waals surface area contributed by atoms with Gasteiger partial charge in [-0.15, -0.1) is 0 Å². The minimum atomic E-state index is -3.60. The molecule has 7 heteroatoms. The highest BCUT2D eigenvalue weighted by molar-refractivity contribution is 7.87. The van der Waals surface area contributed by atoms with E-state index in [2.05, 4.69) is 4.72 Å². The van der Waals surface area contributed by atoms with Crippen molar-refractivity contribution < 1.29 is 18.3 Å². The number of hydrogen-bond acceptors (Lipinski definition) is 3. The van der Waals surface area contributed by atoms with Crippen LogP contribution in [-0.4, -0.2) is 43.9 Å². The second-order valence-corrected chi connectivity index (χ2v) is 7.86. The zero-order valence-electron chi connectivity index (χ0n) is 13.1. The Morgan fingerprint density at radius 3 is 2.29 bits per heavy atom. The maximum Gasteiger partial charge on any atom is 0.310 e. The van der Waals surface area contributed by atoms with Gasteiger partial charge in [0.25, 0.3) is 10.2 Å². The molecule has 0 saturated heterocycles. The lowest BCUT2D eigenvalue weighted by Crippen LogP contribution is -2.47. The predicted octanol–water partition coefficient (Wildman–Crippen LogP) is 1.98. The van der Waals surface area contributed by atoms with E-state index in [-0.39, 0.29) is 6.54 Å². The molecule has 0 heterocycles. The quantitative estimate of drug-likeness (QED) is 0.670. The molecule has 0 unspecified atom stereocenters. The van der Waals surface area contributed by atoms with Gasteiger partial charge in [-0.3, -0.25) is 4.79 Å². The Morgan fingerprint density at radius 2 is 1.81 bits per heavy atom. The molecule has 2 N–H and O–H groups in total. The van der Waals surface area contributed by atoms with E-state index in [1.165, 1.54) is 11.4 Å². The third kappa shape index (κ3) is 5.23. The van der Waals surface area contributed by atoms with Gasteiger partial charge >= 0.3 is 5.97 Å². The van der Waals surface area contributed by atoms with E-state index in [1.54, 1.807) is 0 Å². The summed E-state index contributed by atoms with van der Waals surface area (Å²) < 4.78 is 28.1. The van der Waals surface area contributed by atoms with Gasteiger partial charge in [0.1, 0.15) is 0 Å². The second kappa shape index (κ2) is 8.10. The Labute approximate surface area is 128 Å². The molecule has 0 atom stereocenters. The summed E-state index contributed by atoms with van der Waals surface area (Å²) in [6.45, 7) is 2.44. The largest absolute Gasteiger partial charge is 0.481 e. The normalized spacial score (nSPS) is 19.4. The second-order valence-electron chi connectivity index (χ2n) is 6.00. The summed E-state index contributed by atoms with van der Waals surface area (Å²) in [7, 11) is -2.07. The van der Waals surface area contributed by atoms with Crippen molar-refractivity contribution in [2.75, 3.05) is 20.1 Å². The zero-order chi connectivity index (χ0) is 15.9. The van der Waals surface area contributed by atoms with Crippen LogP contribution in [0, 0.1) is 5.41 Å². The molecule has 1 aliphatic rings. The molecule has 0 aliphatic heterocycles. The summed E-state index contributed by atoms with van der Waals surface area (Å²) >= 11 is 0. The average molecular weight is 320 g/mol. The summed E-state index contributed by atoms with van der Waals surface area (Å²) in [6.07, 6.45) is 6.54. The van der Waals surface area contributed by atoms with Crippen LogP contribution in [0.2, 0.25) is 0 Å². The van der Waals surface area contributed by atoms with Gasteiger partial charge in [0.2, 0.25) is 0 Å². The summed E-state index contributed by atoms with van der Waals surface area (Å²) in [4.78, 5) is 11.6. The van der Waals surface area contributed by atoms with Crippen molar-refractivity contribution >= 4 is 16.2 Å². The van der Waals surface area contributed by atoms with E-state index in [0.29, 0.717) is 19.4 Å². The number of carbonyl (C=O) groups is 1. The van der Waals surface area contributed by atoms with Gasteiger partial charge in [-0.25, -0.2) is 4.72 Å². The van der Waals surface area contributed by atoms with Crippen molar-refractivity contribution in [3.8, 4) is 0 Å². The summed E-state index contributed by atoms with van der Waals surface area (Å²) in [6, 6.07) is 0. The van der Waals surface area contributed by atoms with Gasteiger partial charge in [-0.05, 0) is 19.3 Å². The van der Waals surface area contributed by atoms with E-state index >= 15 is 0 Å². The van der Waals surface area contributed by atoms with Crippen molar-refractivity contribution in [1.29, 1.82) is 0 Å². The molecule has 0 aromatic heterocycles. The van der Waals surface area contributed by atoms with Crippen molar-refractivity contribution in [3.05, 3.63) is 0 Å². The molecular formula is C14H28N2O4S. The molecule has 1 fully saturated rings. The van der Waals surface area contributed by atoms with Crippen LogP contribution in [-0.2, 0) is 15.0 Å².